The molecular weight excluding hydrogens is 126 g/mol. The Morgan fingerprint density at radius 3 is 3.50 bits per heavy atom. The molecule has 10 heavy (non-hydrogen) atoms. The van der Waals surface area contributed by atoms with E-state index in [4.69, 9.17) is 4.74 Å². The van der Waals surface area contributed by atoms with Gasteiger partial charge in [-0.1, -0.05) is 18.2 Å². The topological polar surface area (TPSA) is 21.3 Å². The van der Waals surface area contributed by atoms with E-state index >= 15 is 0 Å². The Balaban J connectivity index is 2.13. The molecule has 2 rings (SSSR count). The Hall–Kier alpha value is -0.600. The highest BCUT2D eigenvalue weighted by Crippen LogP contribution is 2.16. The van der Waals surface area contributed by atoms with E-state index in [1.165, 1.54) is 5.57 Å². The number of ether oxygens (including phenoxy) is 1. The second kappa shape index (κ2) is 2.56. The summed E-state index contributed by atoms with van der Waals surface area (Å²) in [5.74, 6) is 0. The first-order valence-corrected chi connectivity index (χ1v) is 3.65. The molecule has 2 nitrogen and oxygen atoms in total. The monoisotopic (exact) mass is 137 g/mol. The lowest BCUT2D eigenvalue weighted by atomic mass is 10.0. The predicted molar refractivity (Wildman–Crippen MR) is 39.6 cm³/mol. The smallest absolute Gasteiger partial charge is 0.0997 e. The number of nitrogens with one attached hydrogen (secondary N) is 1. The number of hydrogen-bond donors (Lipinski definition) is 1. The summed E-state index contributed by atoms with van der Waals surface area (Å²) >= 11 is 0. The van der Waals surface area contributed by atoms with Crippen molar-refractivity contribution in [2.75, 3.05) is 13.3 Å². The molecule has 2 aliphatic rings. The average molecular weight is 137 g/mol. The Kier molecular flexibility index (Phi) is 1.57. The molecule has 54 valence electrons. The highest BCUT2D eigenvalue weighted by atomic mass is 16.5. The fourth-order valence-corrected chi connectivity index (χ4v) is 1.34. The van der Waals surface area contributed by atoms with Crippen molar-refractivity contribution in [3.8, 4) is 0 Å². The maximum absolute atomic E-state index is 5.42. The third-order valence-corrected chi connectivity index (χ3v) is 1.89. The van der Waals surface area contributed by atoms with Crippen molar-refractivity contribution in [1.29, 1.82) is 0 Å². The average Bonchev–Trinajstić information content (AvgIpc) is 2.05. The van der Waals surface area contributed by atoms with Crippen molar-refractivity contribution in [2.24, 2.45) is 0 Å². The zero-order chi connectivity index (χ0) is 6.81. The van der Waals surface area contributed by atoms with Crippen LogP contribution in [0.2, 0.25) is 0 Å². The molecule has 0 aromatic heterocycles. The van der Waals surface area contributed by atoms with Crippen LogP contribution in [-0.2, 0) is 4.74 Å². The van der Waals surface area contributed by atoms with Gasteiger partial charge < -0.3 is 4.74 Å². The maximum Gasteiger partial charge on any atom is 0.0997 e. The first-order chi connectivity index (χ1) is 4.97. The summed E-state index contributed by atoms with van der Waals surface area (Å²) in [6, 6.07) is 0. The third-order valence-electron chi connectivity index (χ3n) is 1.89. The Labute approximate surface area is 60.6 Å². The van der Waals surface area contributed by atoms with Gasteiger partial charge in [-0.3, -0.25) is 5.32 Å². The minimum Gasteiger partial charge on any atom is -0.355 e. The highest BCUT2D eigenvalue weighted by Gasteiger charge is 2.16. The predicted octanol–water partition coefficient (Wildman–Crippen LogP) is 0.819. The van der Waals surface area contributed by atoms with Gasteiger partial charge in [0.05, 0.1) is 12.8 Å². The van der Waals surface area contributed by atoms with Gasteiger partial charge in [-0.05, 0) is 12.0 Å². The van der Waals surface area contributed by atoms with Crippen molar-refractivity contribution < 1.29 is 4.74 Å². The molecule has 0 bridgehead atoms. The van der Waals surface area contributed by atoms with Crippen LogP contribution in [0, 0.1) is 0 Å². The molecule has 1 saturated heterocycles. The molecule has 0 aromatic rings. The van der Waals surface area contributed by atoms with Crippen LogP contribution < -0.4 is 5.32 Å². The van der Waals surface area contributed by atoms with E-state index < -0.39 is 0 Å². The SMILES string of the molecule is C1=CC2OCNCC2=CC1. The molecule has 1 fully saturated rings. The van der Waals surface area contributed by atoms with Crippen LogP contribution in [0.5, 0.6) is 0 Å². The fraction of sp³-hybridized carbons (Fsp3) is 0.500. The van der Waals surface area contributed by atoms with E-state index in [0.717, 1.165) is 13.0 Å². The van der Waals surface area contributed by atoms with Crippen molar-refractivity contribution in [3.63, 3.8) is 0 Å². The van der Waals surface area contributed by atoms with Gasteiger partial charge >= 0.3 is 0 Å². The van der Waals surface area contributed by atoms with E-state index in [1.54, 1.807) is 0 Å². The van der Waals surface area contributed by atoms with Gasteiger partial charge in [-0.25, -0.2) is 0 Å². The van der Waals surface area contributed by atoms with Crippen LogP contribution in [0.15, 0.2) is 23.8 Å². The molecule has 0 radical (unpaired) electrons. The van der Waals surface area contributed by atoms with Crippen molar-refractivity contribution in [2.45, 2.75) is 12.5 Å². The number of hydrogen-bond acceptors (Lipinski definition) is 2. The zero-order valence-corrected chi connectivity index (χ0v) is 5.84. The van der Waals surface area contributed by atoms with Gasteiger partial charge in [0, 0.05) is 6.54 Å². The Bertz CT molecular complexity index is 184. The summed E-state index contributed by atoms with van der Waals surface area (Å²) in [5, 5.41) is 3.16. The van der Waals surface area contributed by atoms with E-state index in [0.29, 0.717) is 6.73 Å². The van der Waals surface area contributed by atoms with Crippen molar-refractivity contribution in [1.82, 2.24) is 5.32 Å². The normalized spacial score (nSPS) is 31.2. The van der Waals surface area contributed by atoms with Gasteiger partial charge in [-0.2, -0.15) is 0 Å². The molecule has 1 aliphatic carbocycles. The number of fused-ring (bicyclic) bond motifs is 1. The van der Waals surface area contributed by atoms with E-state index in [9.17, 15) is 0 Å². The van der Waals surface area contributed by atoms with E-state index in [-0.39, 0.29) is 6.10 Å². The first-order valence-electron chi connectivity index (χ1n) is 3.65. The molecular formula is C8H11NO. The van der Waals surface area contributed by atoms with Crippen molar-refractivity contribution in [3.05, 3.63) is 23.8 Å². The summed E-state index contributed by atoms with van der Waals surface area (Å²) in [6.07, 6.45) is 7.86. The molecule has 1 heterocycles. The van der Waals surface area contributed by atoms with Gasteiger partial charge in [0.2, 0.25) is 0 Å². The first kappa shape index (κ1) is 6.13. The molecule has 1 N–H and O–H groups in total. The summed E-state index contributed by atoms with van der Waals surface area (Å²) in [5.41, 5.74) is 1.38. The highest BCUT2D eigenvalue weighted by molar-refractivity contribution is 5.23. The van der Waals surface area contributed by atoms with Crippen molar-refractivity contribution >= 4 is 0 Å². The van der Waals surface area contributed by atoms with Gasteiger partial charge in [0.25, 0.3) is 0 Å². The lowest BCUT2D eigenvalue weighted by Crippen LogP contribution is -2.35. The second-order valence-electron chi connectivity index (χ2n) is 2.60. The number of rotatable bonds is 0. The molecule has 1 aliphatic heterocycles. The van der Waals surface area contributed by atoms with Gasteiger partial charge in [0.1, 0.15) is 0 Å². The number of allylic oxidation sites excluding steroid dienone is 2. The van der Waals surface area contributed by atoms with Crippen LogP contribution in [0.25, 0.3) is 0 Å². The standard InChI is InChI=1S/C8H11NO/c1-2-4-8-7(3-1)5-9-6-10-8/h2-4,8-9H,1,5-6H2. The maximum atomic E-state index is 5.42. The van der Waals surface area contributed by atoms with Gasteiger partial charge in [-0.15, -0.1) is 0 Å². The molecule has 1 unspecified atom stereocenters. The van der Waals surface area contributed by atoms with Gasteiger partial charge in [0.15, 0.2) is 0 Å². The van der Waals surface area contributed by atoms with Crippen LogP contribution in [0.3, 0.4) is 0 Å². The summed E-state index contributed by atoms with van der Waals surface area (Å²) < 4.78 is 5.42. The molecule has 2 heteroatoms. The van der Waals surface area contributed by atoms with E-state index in [1.807, 2.05) is 0 Å². The largest absolute Gasteiger partial charge is 0.355 e. The lowest BCUT2D eigenvalue weighted by molar-refractivity contribution is 0.0691. The minimum atomic E-state index is 0.273. The molecule has 1 atom stereocenters. The third kappa shape index (κ3) is 1.00. The van der Waals surface area contributed by atoms with Crippen LogP contribution in [-0.4, -0.2) is 19.4 Å². The second-order valence-corrected chi connectivity index (χ2v) is 2.60. The van der Waals surface area contributed by atoms with Crippen LogP contribution in [0.4, 0.5) is 0 Å². The minimum absolute atomic E-state index is 0.273. The van der Waals surface area contributed by atoms with Crippen LogP contribution in [0.1, 0.15) is 6.42 Å². The summed E-state index contributed by atoms with van der Waals surface area (Å²) in [6.45, 7) is 1.68. The molecule has 0 aromatic carbocycles. The zero-order valence-electron chi connectivity index (χ0n) is 5.84. The fourth-order valence-electron chi connectivity index (χ4n) is 1.34. The molecule has 0 saturated carbocycles. The quantitative estimate of drug-likeness (QED) is 0.499. The molecule has 0 spiro atoms. The lowest BCUT2D eigenvalue weighted by Gasteiger charge is -2.26. The summed E-state index contributed by atoms with van der Waals surface area (Å²) in [7, 11) is 0. The molecule has 0 amide bonds. The van der Waals surface area contributed by atoms with E-state index in [2.05, 4.69) is 23.5 Å². The Morgan fingerprint density at radius 1 is 1.60 bits per heavy atom. The summed E-state index contributed by atoms with van der Waals surface area (Å²) in [4.78, 5) is 0. The van der Waals surface area contributed by atoms with Crippen LogP contribution >= 0.6 is 0 Å². The Morgan fingerprint density at radius 2 is 2.60 bits per heavy atom.